The van der Waals surface area contributed by atoms with Gasteiger partial charge in [-0.05, 0) is 25.0 Å². The van der Waals surface area contributed by atoms with E-state index in [9.17, 15) is 14.5 Å². The number of benzene rings is 1. The van der Waals surface area contributed by atoms with Crippen LogP contribution in [0.2, 0.25) is 0 Å². The van der Waals surface area contributed by atoms with Gasteiger partial charge in [-0.2, -0.15) is 0 Å². The molecule has 1 rings (SSSR count). The van der Waals surface area contributed by atoms with Crippen molar-refractivity contribution in [2.24, 2.45) is 0 Å². The molecule has 0 unspecified atom stereocenters. The lowest BCUT2D eigenvalue weighted by atomic mass is 10.1. The molecule has 0 amide bonds. The van der Waals surface area contributed by atoms with Crippen LogP contribution in [0, 0.1) is 22.9 Å². The van der Waals surface area contributed by atoms with Crippen molar-refractivity contribution in [2.75, 3.05) is 0 Å². The Labute approximate surface area is 75.3 Å². The Balaban J connectivity index is 3.10. The predicted molar refractivity (Wildman–Crippen MR) is 46.7 cm³/mol. The molecular weight excluding hydrogens is 173 g/mol. The zero-order valence-corrected chi connectivity index (χ0v) is 7.00. The molecule has 0 bridgehead atoms. The number of aryl methyl sites for hydroxylation is 1. The Hall–Kier alpha value is -1.45. The summed E-state index contributed by atoms with van der Waals surface area (Å²) < 4.78 is 12.6. The van der Waals surface area contributed by atoms with Crippen LogP contribution in [0.25, 0.3) is 0 Å². The van der Waals surface area contributed by atoms with Gasteiger partial charge in [0.25, 0.3) is 5.69 Å². The van der Waals surface area contributed by atoms with E-state index in [4.69, 9.17) is 0 Å². The van der Waals surface area contributed by atoms with Crippen molar-refractivity contribution >= 4 is 5.69 Å². The van der Waals surface area contributed by atoms with Crippen LogP contribution in [-0.4, -0.2) is 4.92 Å². The fourth-order valence-electron chi connectivity index (χ4n) is 1.11. The Kier molecular flexibility index (Phi) is 2.95. The molecule has 0 aliphatic rings. The van der Waals surface area contributed by atoms with Crippen LogP contribution in [0.5, 0.6) is 0 Å². The molecule has 3 nitrogen and oxygen atoms in total. The first-order chi connectivity index (χ1) is 6.15. The number of hydrogen-bond donors (Lipinski definition) is 0. The van der Waals surface area contributed by atoms with E-state index in [1.807, 2.05) is 0 Å². The summed E-state index contributed by atoms with van der Waals surface area (Å²) in [5.41, 5.74) is 0.366. The third kappa shape index (κ3) is 2.24. The molecule has 0 aliphatic carbocycles. The highest BCUT2D eigenvalue weighted by molar-refractivity contribution is 5.40. The van der Waals surface area contributed by atoms with Gasteiger partial charge in [0, 0.05) is 5.56 Å². The van der Waals surface area contributed by atoms with Gasteiger partial charge in [0.2, 0.25) is 0 Å². The average Bonchev–Trinajstić information content (AvgIpc) is 2.08. The summed E-state index contributed by atoms with van der Waals surface area (Å²) in [4.78, 5) is 9.89. The van der Waals surface area contributed by atoms with Gasteiger partial charge in [-0.25, -0.2) is 4.39 Å². The predicted octanol–water partition coefficient (Wildman–Crippen LogP) is 2.50. The van der Waals surface area contributed by atoms with Gasteiger partial charge in [0.15, 0.2) is 0 Å². The summed E-state index contributed by atoms with van der Waals surface area (Å²) in [5, 5.41) is 10.5. The van der Waals surface area contributed by atoms with Crippen LogP contribution in [0.1, 0.15) is 12.0 Å². The highest BCUT2D eigenvalue weighted by Crippen LogP contribution is 2.20. The van der Waals surface area contributed by atoms with E-state index >= 15 is 0 Å². The van der Waals surface area contributed by atoms with Crippen molar-refractivity contribution in [3.05, 3.63) is 46.6 Å². The summed E-state index contributed by atoms with van der Waals surface area (Å²) in [5.74, 6) is -0.584. The van der Waals surface area contributed by atoms with Gasteiger partial charge in [-0.15, -0.1) is 0 Å². The molecule has 1 aromatic rings. The van der Waals surface area contributed by atoms with E-state index in [1.165, 1.54) is 12.1 Å². The van der Waals surface area contributed by atoms with Crippen LogP contribution < -0.4 is 0 Å². The Morgan fingerprint density at radius 1 is 1.54 bits per heavy atom. The Bertz CT molecular complexity index is 325. The number of nitro benzene ring substituents is 1. The lowest BCUT2D eigenvalue weighted by Gasteiger charge is -2.00. The molecule has 0 aliphatic heterocycles. The molecule has 0 saturated carbocycles. The largest absolute Gasteiger partial charge is 0.275 e. The molecule has 0 N–H and O–H groups in total. The van der Waals surface area contributed by atoms with Crippen molar-refractivity contribution in [3.8, 4) is 0 Å². The molecule has 0 heterocycles. The Morgan fingerprint density at radius 2 is 2.23 bits per heavy atom. The molecule has 13 heavy (non-hydrogen) atoms. The minimum absolute atomic E-state index is 0.163. The SMILES string of the molecule is [CH2]CCc1ccc(F)cc1[N+](=O)[O-]. The maximum Gasteiger partial charge on any atom is 0.275 e. The Morgan fingerprint density at radius 3 is 2.77 bits per heavy atom. The molecule has 0 aromatic heterocycles. The molecule has 0 fully saturated rings. The molecular formula is C9H9FNO2. The fourth-order valence-corrected chi connectivity index (χ4v) is 1.11. The number of halogens is 1. The minimum Gasteiger partial charge on any atom is -0.258 e. The van der Waals surface area contributed by atoms with Gasteiger partial charge in [0.1, 0.15) is 5.82 Å². The first kappa shape index (κ1) is 9.64. The van der Waals surface area contributed by atoms with Crippen molar-refractivity contribution < 1.29 is 9.31 Å². The normalized spacial score (nSPS) is 10.0. The second kappa shape index (κ2) is 3.98. The van der Waals surface area contributed by atoms with E-state index in [-0.39, 0.29) is 5.69 Å². The molecule has 0 atom stereocenters. The van der Waals surface area contributed by atoms with E-state index in [2.05, 4.69) is 6.92 Å². The maximum atomic E-state index is 12.6. The number of rotatable bonds is 3. The topological polar surface area (TPSA) is 43.1 Å². The second-order valence-electron chi connectivity index (χ2n) is 2.63. The summed E-state index contributed by atoms with van der Waals surface area (Å²) in [6.45, 7) is 3.59. The molecule has 69 valence electrons. The van der Waals surface area contributed by atoms with Crippen LogP contribution in [0.4, 0.5) is 10.1 Å². The molecule has 0 saturated heterocycles. The van der Waals surface area contributed by atoms with E-state index < -0.39 is 10.7 Å². The quantitative estimate of drug-likeness (QED) is 0.532. The summed E-state index contributed by atoms with van der Waals surface area (Å²) >= 11 is 0. The fraction of sp³-hybridized carbons (Fsp3) is 0.222. The van der Waals surface area contributed by atoms with Crippen molar-refractivity contribution in [1.29, 1.82) is 0 Å². The standard InChI is InChI=1S/C9H9FNO2/c1-2-3-7-4-5-8(10)6-9(7)11(12)13/h4-6H,1-3H2. The first-order valence-corrected chi connectivity index (χ1v) is 3.87. The van der Waals surface area contributed by atoms with Crippen LogP contribution >= 0.6 is 0 Å². The third-order valence-electron chi connectivity index (χ3n) is 1.69. The highest BCUT2D eigenvalue weighted by Gasteiger charge is 2.13. The molecule has 1 radical (unpaired) electrons. The van der Waals surface area contributed by atoms with Crippen molar-refractivity contribution in [2.45, 2.75) is 12.8 Å². The number of hydrogen-bond acceptors (Lipinski definition) is 2. The average molecular weight is 182 g/mol. The minimum atomic E-state index is -0.584. The van der Waals surface area contributed by atoms with Crippen LogP contribution in [-0.2, 0) is 6.42 Å². The van der Waals surface area contributed by atoms with Gasteiger partial charge < -0.3 is 0 Å². The molecule has 4 heteroatoms. The van der Waals surface area contributed by atoms with Crippen molar-refractivity contribution in [3.63, 3.8) is 0 Å². The second-order valence-corrected chi connectivity index (χ2v) is 2.63. The van der Waals surface area contributed by atoms with Crippen molar-refractivity contribution in [1.82, 2.24) is 0 Å². The van der Waals surface area contributed by atoms with Gasteiger partial charge in [-0.1, -0.05) is 6.92 Å². The smallest absolute Gasteiger partial charge is 0.258 e. The van der Waals surface area contributed by atoms with Crippen LogP contribution in [0.3, 0.4) is 0 Å². The lowest BCUT2D eigenvalue weighted by molar-refractivity contribution is -0.385. The van der Waals surface area contributed by atoms with E-state index in [0.29, 0.717) is 18.4 Å². The summed E-state index contributed by atoms with van der Waals surface area (Å²) in [7, 11) is 0. The molecule has 0 spiro atoms. The maximum absolute atomic E-state index is 12.6. The van der Waals surface area contributed by atoms with E-state index in [1.54, 1.807) is 0 Å². The van der Waals surface area contributed by atoms with Gasteiger partial charge in [-0.3, -0.25) is 10.1 Å². The first-order valence-electron chi connectivity index (χ1n) is 3.87. The monoisotopic (exact) mass is 182 g/mol. The number of nitro groups is 1. The third-order valence-corrected chi connectivity index (χ3v) is 1.69. The zero-order chi connectivity index (χ0) is 9.84. The lowest BCUT2D eigenvalue weighted by Crippen LogP contribution is -1.95. The van der Waals surface area contributed by atoms with Gasteiger partial charge >= 0.3 is 0 Å². The van der Waals surface area contributed by atoms with Gasteiger partial charge in [0.05, 0.1) is 11.0 Å². The number of nitrogens with zero attached hydrogens (tertiary/aromatic N) is 1. The van der Waals surface area contributed by atoms with E-state index in [0.717, 1.165) is 6.07 Å². The van der Waals surface area contributed by atoms with Crippen LogP contribution in [0.15, 0.2) is 18.2 Å². The molecule has 1 aromatic carbocycles. The summed E-state index contributed by atoms with van der Waals surface area (Å²) in [6.07, 6.45) is 1.06. The summed E-state index contributed by atoms with van der Waals surface area (Å²) in [6, 6.07) is 3.58. The zero-order valence-electron chi connectivity index (χ0n) is 7.00. The highest BCUT2D eigenvalue weighted by atomic mass is 19.1.